The highest BCUT2D eigenvalue weighted by molar-refractivity contribution is 7.98. The summed E-state index contributed by atoms with van der Waals surface area (Å²) in [4.78, 5) is 68.1. The highest BCUT2D eigenvalue weighted by Crippen LogP contribution is 2.10. The molecular formula is C22H36N6O7S. The molecule has 3 amide bonds. The lowest BCUT2D eigenvalue weighted by atomic mass is 9.98. The molecule has 8 N–H and O–H groups in total. The minimum atomic E-state index is -1.27. The Labute approximate surface area is 213 Å². The first-order valence-electron chi connectivity index (χ1n) is 11.6. The predicted molar refractivity (Wildman–Crippen MR) is 133 cm³/mol. The van der Waals surface area contributed by atoms with Crippen LogP contribution in [0.2, 0.25) is 0 Å². The molecule has 1 rings (SSSR count). The maximum absolute atomic E-state index is 13.1. The van der Waals surface area contributed by atoms with E-state index in [2.05, 4.69) is 25.9 Å². The van der Waals surface area contributed by atoms with Crippen molar-refractivity contribution in [3.05, 3.63) is 18.2 Å². The monoisotopic (exact) mass is 528 g/mol. The summed E-state index contributed by atoms with van der Waals surface area (Å²) in [6.45, 7) is 3.47. The van der Waals surface area contributed by atoms with Crippen molar-refractivity contribution in [2.24, 2.45) is 11.7 Å². The second kappa shape index (κ2) is 15.8. The molecule has 0 radical (unpaired) electrons. The van der Waals surface area contributed by atoms with Crippen molar-refractivity contribution in [2.75, 3.05) is 12.0 Å². The number of H-pyrrole nitrogens is 1. The molecule has 0 aliphatic heterocycles. The zero-order chi connectivity index (χ0) is 27.3. The Bertz CT molecular complexity index is 882. The SMILES string of the molecule is CCC(C)C(NC(=O)C(Cc1cnc[nH]1)NC(=O)C(CCC(=O)O)NC(=O)C(N)CCSC)C(=O)O. The van der Waals surface area contributed by atoms with E-state index in [1.165, 1.54) is 24.3 Å². The van der Waals surface area contributed by atoms with Crippen LogP contribution in [0.15, 0.2) is 12.5 Å². The van der Waals surface area contributed by atoms with Crippen LogP contribution in [0.25, 0.3) is 0 Å². The average Bonchev–Trinajstić information content (AvgIpc) is 3.34. The van der Waals surface area contributed by atoms with Gasteiger partial charge < -0.3 is 36.9 Å². The molecule has 36 heavy (non-hydrogen) atoms. The third kappa shape index (κ3) is 10.6. The van der Waals surface area contributed by atoms with E-state index in [0.717, 1.165) is 0 Å². The van der Waals surface area contributed by atoms with Crippen LogP contribution in [0.1, 0.15) is 45.2 Å². The van der Waals surface area contributed by atoms with Gasteiger partial charge in [-0.3, -0.25) is 19.2 Å². The van der Waals surface area contributed by atoms with E-state index in [0.29, 0.717) is 24.3 Å². The summed E-state index contributed by atoms with van der Waals surface area (Å²) < 4.78 is 0. The zero-order valence-electron chi connectivity index (χ0n) is 20.7. The fraction of sp³-hybridized carbons (Fsp3) is 0.636. The standard InChI is InChI=1S/C22H36N6O7S/c1-4-12(2)18(22(34)35)28-21(33)16(9-13-10-24-11-25-13)27-20(32)15(5-6-17(29)30)26-19(31)14(23)7-8-36-3/h10-12,14-16,18H,4-9,23H2,1-3H3,(H,24,25)(H,26,31)(H,27,32)(H,28,33)(H,29,30)(H,34,35). The van der Waals surface area contributed by atoms with Gasteiger partial charge in [0, 0.05) is 24.7 Å². The maximum atomic E-state index is 13.1. The van der Waals surface area contributed by atoms with Crippen molar-refractivity contribution >= 4 is 41.4 Å². The van der Waals surface area contributed by atoms with Gasteiger partial charge in [-0.05, 0) is 30.8 Å². The molecule has 1 aromatic rings. The second-order valence-corrected chi connectivity index (χ2v) is 9.42. The largest absolute Gasteiger partial charge is 0.481 e. The first-order valence-corrected chi connectivity index (χ1v) is 13.0. The van der Waals surface area contributed by atoms with Gasteiger partial charge in [0.2, 0.25) is 17.7 Å². The molecular weight excluding hydrogens is 492 g/mol. The van der Waals surface area contributed by atoms with E-state index in [9.17, 15) is 29.1 Å². The molecule has 1 heterocycles. The third-order valence-corrected chi connectivity index (χ3v) is 6.28. The fourth-order valence-corrected chi connectivity index (χ4v) is 3.72. The molecule has 0 saturated carbocycles. The molecule has 13 nitrogen and oxygen atoms in total. The van der Waals surface area contributed by atoms with Gasteiger partial charge in [-0.2, -0.15) is 11.8 Å². The van der Waals surface area contributed by atoms with Crippen LogP contribution in [0, 0.1) is 5.92 Å². The highest BCUT2D eigenvalue weighted by atomic mass is 32.2. The average molecular weight is 529 g/mol. The van der Waals surface area contributed by atoms with E-state index in [-0.39, 0.29) is 18.8 Å². The zero-order valence-corrected chi connectivity index (χ0v) is 21.5. The Hall–Kier alpha value is -3.13. The molecule has 0 aliphatic rings. The van der Waals surface area contributed by atoms with Crippen LogP contribution in [0.3, 0.4) is 0 Å². The highest BCUT2D eigenvalue weighted by Gasteiger charge is 2.32. The third-order valence-electron chi connectivity index (χ3n) is 5.64. The minimum Gasteiger partial charge on any atom is -0.481 e. The molecule has 0 fully saturated rings. The number of carbonyl (C=O) groups is 5. The number of carboxylic acid groups (broad SMARTS) is 2. The number of carbonyl (C=O) groups excluding carboxylic acids is 3. The minimum absolute atomic E-state index is 0.0444. The van der Waals surface area contributed by atoms with Crippen LogP contribution in [-0.4, -0.2) is 86.0 Å². The van der Waals surface area contributed by atoms with Gasteiger partial charge in [0.05, 0.1) is 12.4 Å². The smallest absolute Gasteiger partial charge is 0.326 e. The molecule has 0 saturated heterocycles. The van der Waals surface area contributed by atoms with Crippen molar-refractivity contribution in [2.45, 2.75) is 70.1 Å². The number of nitrogens with two attached hydrogens (primary N) is 1. The van der Waals surface area contributed by atoms with Crippen LogP contribution in [0.5, 0.6) is 0 Å². The number of aliphatic carboxylic acids is 2. The van der Waals surface area contributed by atoms with Gasteiger partial charge >= 0.3 is 11.9 Å². The van der Waals surface area contributed by atoms with Crippen molar-refractivity contribution in [3.63, 3.8) is 0 Å². The van der Waals surface area contributed by atoms with Crippen molar-refractivity contribution in [1.29, 1.82) is 0 Å². The summed E-state index contributed by atoms with van der Waals surface area (Å²) in [5, 5.41) is 26.1. The Morgan fingerprint density at radius 1 is 1.06 bits per heavy atom. The summed E-state index contributed by atoms with van der Waals surface area (Å²) in [5.74, 6) is -4.29. The Morgan fingerprint density at radius 3 is 2.22 bits per heavy atom. The first-order chi connectivity index (χ1) is 17.0. The topological polar surface area (TPSA) is 217 Å². The number of amides is 3. The number of thioether (sulfide) groups is 1. The van der Waals surface area contributed by atoms with Gasteiger partial charge in [0.15, 0.2) is 0 Å². The van der Waals surface area contributed by atoms with Gasteiger partial charge in [0.1, 0.15) is 18.1 Å². The Morgan fingerprint density at radius 2 is 1.69 bits per heavy atom. The summed E-state index contributed by atoms with van der Waals surface area (Å²) in [6, 6.07) is -4.57. The molecule has 0 spiro atoms. The lowest BCUT2D eigenvalue weighted by Gasteiger charge is -2.26. The number of hydrogen-bond acceptors (Lipinski definition) is 8. The summed E-state index contributed by atoms with van der Waals surface area (Å²) >= 11 is 1.50. The summed E-state index contributed by atoms with van der Waals surface area (Å²) in [6.07, 6.45) is 4.86. The van der Waals surface area contributed by atoms with E-state index >= 15 is 0 Å². The molecule has 5 atom stereocenters. The van der Waals surface area contributed by atoms with E-state index < -0.39 is 60.2 Å². The summed E-state index contributed by atoms with van der Waals surface area (Å²) in [7, 11) is 0. The van der Waals surface area contributed by atoms with E-state index in [1.807, 2.05) is 6.26 Å². The number of nitrogens with one attached hydrogen (secondary N) is 4. The van der Waals surface area contributed by atoms with Crippen LogP contribution in [-0.2, 0) is 30.4 Å². The quantitative estimate of drug-likeness (QED) is 0.137. The number of rotatable bonds is 17. The first kappa shape index (κ1) is 30.9. The number of aromatic amines is 1. The number of carboxylic acids is 2. The molecule has 0 aliphatic carbocycles. The van der Waals surface area contributed by atoms with Gasteiger partial charge in [0.25, 0.3) is 0 Å². The summed E-state index contributed by atoms with van der Waals surface area (Å²) in [5.41, 5.74) is 6.36. The molecule has 0 aromatic carbocycles. The molecule has 0 bridgehead atoms. The predicted octanol–water partition coefficient (Wildman–Crippen LogP) is -0.517. The Balaban J connectivity index is 3.09. The molecule has 5 unspecified atom stereocenters. The van der Waals surface area contributed by atoms with Crippen molar-refractivity contribution in [1.82, 2.24) is 25.9 Å². The van der Waals surface area contributed by atoms with Crippen LogP contribution < -0.4 is 21.7 Å². The normalized spacial score (nSPS) is 15.1. The van der Waals surface area contributed by atoms with Gasteiger partial charge in [-0.25, -0.2) is 9.78 Å². The Kier molecular flexibility index (Phi) is 13.5. The van der Waals surface area contributed by atoms with Crippen molar-refractivity contribution < 1.29 is 34.2 Å². The molecule has 1 aromatic heterocycles. The number of imidazole rings is 1. The van der Waals surface area contributed by atoms with Gasteiger partial charge in [-0.15, -0.1) is 0 Å². The lowest BCUT2D eigenvalue weighted by molar-refractivity contribution is -0.143. The number of nitrogens with zero attached hydrogens (tertiary/aromatic N) is 1. The fourth-order valence-electron chi connectivity index (χ4n) is 3.23. The maximum Gasteiger partial charge on any atom is 0.326 e. The van der Waals surface area contributed by atoms with Crippen LogP contribution in [0.4, 0.5) is 0 Å². The van der Waals surface area contributed by atoms with Gasteiger partial charge in [-0.1, -0.05) is 20.3 Å². The van der Waals surface area contributed by atoms with Crippen LogP contribution >= 0.6 is 11.8 Å². The second-order valence-electron chi connectivity index (χ2n) is 8.43. The number of hydrogen-bond donors (Lipinski definition) is 7. The lowest BCUT2D eigenvalue weighted by Crippen LogP contribution is -2.58. The molecule has 202 valence electrons. The van der Waals surface area contributed by atoms with Crippen molar-refractivity contribution in [3.8, 4) is 0 Å². The molecule has 14 heteroatoms. The van der Waals surface area contributed by atoms with E-state index in [4.69, 9.17) is 10.8 Å². The number of aromatic nitrogens is 2. The van der Waals surface area contributed by atoms with E-state index in [1.54, 1.807) is 13.8 Å².